The Labute approximate surface area is 153 Å². The van der Waals surface area contributed by atoms with Gasteiger partial charge in [-0.2, -0.15) is 5.10 Å². The number of para-hydroxylation sites is 1. The van der Waals surface area contributed by atoms with Gasteiger partial charge in [0, 0.05) is 11.7 Å². The molecular weight excluding hydrogens is 326 g/mol. The van der Waals surface area contributed by atoms with Crippen molar-refractivity contribution in [3.05, 3.63) is 71.9 Å². The smallest absolute Gasteiger partial charge is 0.275 e. The van der Waals surface area contributed by atoms with Gasteiger partial charge in [0.2, 0.25) is 0 Å². The molecule has 0 radical (unpaired) electrons. The van der Waals surface area contributed by atoms with Crippen LogP contribution < -0.4 is 0 Å². The van der Waals surface area contributed by atoms with Gasteiger partial charge < -0.3 is 9.32 Å². The van der Waals surface area contributed by atoms with E-state index in [9.17, 15) is 4.79 Å². The number of nitrogens with zero attached hydrogens (tertiary/aromatic N) is 3. The van der Waals surface area contributed by atoms with Crippen molar-refractivity contribution in [3.8, 4) is 5.69 Å². The Morgan fingerprint density at radius 2 is 1.96 bits per heavy atom. The minimum absolute atomic E-state index is 0.0221. The zero-order chi connectivity index (χ0) is 17.9. The predicted octanol–water partition coefficient (Wildman–Crippen LogP) is 4.36. The summed E-state index contributed by atoms with van der Waals surface area (Å²) < 4.78 is 7.31. The van der Waals surface area contributed by atoms with Crippen molar-refractivity contribution in [2.75, 3.05) is 0 Å². The lowest BCUT2D eigenvalue weighted by molar-refractivity contribution is 0.0642. The molecule has 0 N–H and O–H groups in total. The van der Waals surface area contributed by atoms with Crippen molar-refractivity contribution in [1.29, 1.82) is 0 Å². The molecule has 0 spiro atoms. The molecule has 1 amide bonds. The summed E-state index contributed by atoms with van der Waals surface area (Å²) in [6.07, 6.45) is 6.09. The van der Waals surface area contributed by atoms with Crippen LogP contribution in [0, 0.1) is 6.92 Å². The van der Waals surface area contributed by atoms with E-state index in [0.29, 0.717) is 12.2 Å². The second-order valence-electron chi connectivity index (χ2n) is 6.87. The number of aromatic nitrogens is 2. The first-order valence-corrected chi connectivity index (χ1v) is 9.18. The van der Waals surface area contributed by atoms with Crippen molar-refractivity contribution in [3.63, 3.8) is 0 Å². The molecule has 0 unspecified atom stereocenters. The molecule has 26 heavy (non-hydrogen) atoms. The Kier molecular flexibility index (Phi) is 4.61. The third-order valence-corrected chi connectivity index (χ3v) is 5.04. The average molecular weight is 349 g/mol. The zero-order valence-corrected chi connectivity index (χ0v) is 15.0. The molecule has 1 saturated carbocycles. The molecule has 5 nitrogen and oxygen atoms in total. The first-order valence-electron chi connectivity index (χ1n) is 9.18. The van der Waals surface area contributed by atoms with Crippen LogP contribution in [-0.2, 0) is 6.54 Å². The number of carbonyl (C=O) groups excluding carboxylic acids is 1. The number of hydrogen-bond acceptors (Lipinski definition) is 3. The quantitative estimate of drug-likeness (QED) is 0.688. The second kappa shape index (κ2) is 7.20. The van der Waals surface area contributed by atoms with Crippen molar-refractivity contribution >= 4 is 5.91 Å². The molecule has 4 rings (SSSR count). The number of rotatable bonds is 5. The van der Waals surface area contributed by atoms with Crippen LogP contribution in [0.4, 0.5) is 0 Å². The number of aryl methyl sites for hydroxylation is 1. The molecule has 0 saturated heterocycles. The molecule has 134 valence electrons. The summed E-state index contributed by atoms with van der Waals surface area (Å²) in [5, 5.41) is 4.60. The van der Waals surface area contributed by atoms with E-state index < -0.39 is 0 Å². The van der Waals surface area contributed by atoms with Gasteiger partial charge in [0.15, 0.2) is 5.69 Å². The summed E-state index contributed by atoms with van der Waals surface area (Å²) in [5.41, 5.74) is 2.40. The molecule has 1 aliphatic carbocycles. The van der Waals surface area contributed by atoms with Crippen LogP contribution in [0.1, 0.15) is 47.6 Å². The lowest BCUT2D eigenvalue weighted by Gasteiger charge is -2.27. The lowest BCUT2D eigenvalue weighted by atomic mass is 10.2. The summed E-state index contributed by atoms with van der Waals surface area (Å²) in [7, 11) is 0. The Balaban J connectivity index is 1.63. The maximum absolute atomic E-state index is 13.3. The third kappa shape index (κ3) is 3.29. The SMILES string of the molecule is Cc1cc(C(=O)N(Cc2ccco2)C2CCCC2)nn1-c1ccccc1. The number of amides is 1. The van der Waals surface area contributed by atoms with Crippen LogP contribution >= 0.6 is 0 Å². The normalized spacial score (nSPS) is 14.7. The van der Waals surface area contributed by atoms with Gasteiger partial charge in [-0.1, -0.05) is 31.0 Å². The van der Waals surface area contributed by atoms with E-state index >= 15 is 0 Å². The maximum atomic E-state index is 13.3. The van der Waals surface area contributed by atoms with Gasteiger partial charge in [-0.25, -0.2) is 4.68 Å². The Morgan fingerprint density at radius 3 is 2.65 bits per heavy atom. The van der Waals surface area contributed by atoms with E-state index in [1.165, 1.54) is 12.8 Å². The third-order valence-electron chi connectivity index (χ3n) is 5.04. The van der Waals surface area contributed by atoms with Gasteiger partial charge in [0.1, 0.15) is 5.76 Å². The summed E-state index contributed by atoms with van der Waals surface area (Å²) in [5.74, 6) is 0.788. The molecule has 2 heterocycles. The Bertz CT molecular complexity index is 862. The summed E-state index contributed by atoms with van der Waals surface area (Å²) in [6.45, 7) is 2.47. The number of carbonyl (C=O) groups is 1. The molecule has 3 aromatic rings. The van der Waals surface area contributed by atoms with E-state index in [1.54, 1.807) is 6.26 Å². The predicted molar refractivity (Wildman–Crippen MR) is 99.1 cm³/mol. The van der Waals surface area contributed by atoms with Gasteiger partial charge in [-0.05, 0) is 50.1 Å². The topological polar surface area (TPSA) is 51.3 Å². The molecule has 0 bridgehead atoms. The summed E-state index contributed by atoms with van der Waals surface area (Å²) in [6, 6.07) is 15.8. The van der Waals surface area contributed by atoms with Crippen molar-refractivity contribution < 1.29 is 9.21 Å². The van der Waals surface area contributed by atoms with Gasteiger partial charge in [0.25, 0.3) is 5.91 Å². The fourth-order valence-electron chi connectivity index (χ4n) is 3.71. The maximum Gasteiger partial charge on any atom is 0.275 e. The first-order chi connectivity index (χ1) is 12.7. The first kappa shape index (κ1) is 16.6. The fraction of sp³-hybridized carbons (Fsp3) is 0.333. The van der Waals surface area contributed by atoms with Crippen LogP contribution in [-0.4, -0.2) is 26.6 Å². The summed E-state index contributed by atoms with van der Waals surface area (Å²) in [4.78, 5) is 15.2. The molecule has 0 aliphatic heterocycles. The molecule has 0 atom stereocenters. The van der Waals surface area contributed by atoms with Gasteiger partial charge in [-0.3, -0.25) is 4.79 Å². The standard InChI is InChI=1S/C21H23N3O2/c1-16-14-20(22-24(16)18-10-3-2-4-11-18)21(25)23(17-8-5-6-9-17)15-19-12-7-13-26-19/h2-4,7,10-14,17H,5-6,8-9,15H2,1H3. The van der Waals surface area contributed by atoms with Crippen LogP contribution in [0.3, 0.4) is 0 Å². The van der Waals surface area contributed by atoms with Crippen molar-refractivity contribution in [1.82, 2.24) is 14.7 Å². The Hall–Kier alpha value is -2.82. The van der Waals surface area contributed by atoms with E-state index in [2.05, 4.69) is 5.10 Å². The highest BCUT2D eigenvalue weighted by atomic mass is 16.3. The average Bonchev–Trinajstić information content (AvgIpc) is 3.41. The van der Waals surface area contributed by atoms with E-state index in [1.807, 2.05) is 65.0 Å². The second-order valence-corrected chi connectivity index (χ2v) is 6.87. The molecule has 1 fully saturated rings. The molecule has 5 heteroatoms. The number of furan rings is 1. The molecule has 2 aromatic heterocycles. The van der Waals surface area contributed by atoms with Crippen LogP contribution in [0.15, 0.2) is 59.2 Å². The number of hydrogen-bond donors (Lipinski definition) is 0. The van der Waals surface area contributed by atoms with Gasteiger partial charge in [0.05, 0.1) is 18.5 Å². The monoisotopic (exact) mass is 349 g/mol. The highest BCUT2D eigenvalue weighted by Gasteiger charge is 2.30. The molecule has 1 aromatic carbocycles. The zero-order valence-electron chi connectivity index (χ0n) is 15.0. The van der Waals surface area contributed by atoms with Crippen molar-refractivity contribution in [2.45, 2.75) is 45.2 Å². The Morgan fingerprint density at radius 1 is 1.19 bits per heavy atom. The van der Waals surface area contributed by atoms with Crippen LogP contribution in [0.25, 0.3) is 5.69 Å². The van der Waals surface area contributed by atoms with E-state index in [-0.39, 0.29) is 11.9 Å². The fourth-order valence-corrected chi connectivity index (χ4v) is 3.71. The van der Waals surface area contributed by atoms with E-state index in [0.717, 1.165) is 30.0 Å². The highest BCUT2D eigenvalue weighted by molar-refractivity contribution is 5.92. The van der Waals surface area contributed by atoms with Gasteiger partial charge >= 0.3 is 0 Å². The lowest BCUT2D eigenvalue weighted by Crippen LogP contribution is -2.38. The molecular formula is C21H23N3O2. The van der Waals surface area contributed by atoms with Crippen LogP contribution in [0.2, 0.25) is 0 Å². The highest BCUT2D eigenvalue weighted by Crippen LogP contribution is 2.27. The molecule has 1 aliphatic rings. The van der Waals surface area contributed by atoms with Crippen LogP contribution in [0.5, 0.6) is 0 Å². The van der Waals surface area contributed by atoms with E-state index in [4.69, 9.17) is 4.42 Å². The number of benzene rings is 1. The largest absolute Gasteiger partial charge is 0.467 e. The minimum Gasteiger partial charge on any atom is -0.467 e. The van der Waals surface area contributed by atoms with Crippen molar-refractivity contribution in [2.24, 2.45) is 0 Å². The minimum atomic E-state index is -0.0221. The van der Waals surface area contributed by atoms with Gasteiger partial charge in [-0.15, -0.1) is 0 Å². The summed E-state index contributed by atoms with van der Waals surface area (Å²) >= 11 is 0.